The molecule has 2 N–H and O–H groups in total. The second-order valence-corrected chi connectivity index (χ2v) is 5.87. The van der Waals surface area contributed by atoms with Gasteiger partial charge in [-0.1, -0.05) is 19.9 Å². The first-order chi connectivity index (χ1) is 7.98. The lowest BCUT2D eigenvalue weighted by molar-refractivity contribution is 0.102. The maximum absolute atomic E-state index is 10.1. The Morgan fingerprint density at radius 1 is 1.53 bits per heavy atom. The molecular formula is C14H22N2O. The zero-order chi connectivity index (χ0) is 12.5. The summed E-state index contributed by atoms with van der Waals surface area (Å²) >= 11 is 0. The number of aliphatic hydroxyl groups excluding tert-OH is 1. The van der Waals surface area contributed by atoms with Crippen LogP contribution in [0, 0.1) is 12.3 Å². The summed E-state index contributed by atoms with van der Waals surface area (Å²) in [5, 5.41) is 13.5. The third-order valence-corrected chi connectivity index (χ3v) is 3.60. The van der Waals surface area contributed by atoms with Crippen molar-refractivity contribution >= 4 is 0 Å². The molecule has 1 atom stereocenters. The molecule has 1 unspecified atom stereocenters. The van der Waals surface area contributed by atoms with Crippen LogP contribution in [-0.2, 0) is 0 Å². The van der Waals surface area contributed by atoms with Gasteiger partial charge in [0.15, 0.2) is 0 Å². The van der Waals surface area contributed by atoms with Crippen LogP contribution in [0.2, 0.25) is 0 Å². The molecule has 0 saturated heterocycles. The number of nitrogens with zero attached hydrogens (tertiary/aromatic N) is 1. The molecule has 0 radical (unpaired) electrons. The van der Waals surface area contributed by atoms with E-state index in [1.165, 1.54) is 12.8 Å². The summed E-state index contributed by atoms with van der Waals surface area (Å²) < 4.78 is 0. The minimum Gasteiger partial charge on any atom is -0.387 e. The molecule has 1 fully saturated rings. The molecule has 3 heteroatoms. The normalized spacial score (nSPS) is 20.9. The maximum Gasteiger partial charge on any atom is 0.0931 e. The quantitative estimate of drug-likeness (QED) is 0.839. The van der Waals surface area contributed by atoms with Gasteiger partial charge in [0.25, 0.3) is 0 Å². The Kier molecular flexibility index (Phi) is 3.50. The van der Waals surface area contributed by atoms with Crippen molar-refractivity contribution in [3.8, 4) is 0 Å². The molecule has 94 valence electrons. The van der Waals surface area contributed by atoms with E-state index in [4.69, 9.17) is 0 Å². The van der Waals surface area contributed by atoms with Gasteiger partial charge in [-0.15, -0.1) is 0 Å². The van der Waals surface area contributed by atoms with Gasteiger partial charge in [0.2, 0.25) is 0 Å². The highest BCUT2D eigenvalue weighted by Crippen LogP contribution is 2.39. The van der Waals surface area contributed by atoms with Crippen molar-refractivity contribution in [1.82, 2.24) is 10.3 Å². The van der Waals surface area contributed by atoms with Crippen LogP contribution < -0.4 is 5.32 Å². The monoisotopic (exact) mass is 234 g/mol. The van der Waals surface area contributed by atoms with E-state index < -0.39 is 6.10 Å². The fourth-order valence-electron chi connectivity index (χ4n) is 2.66. The van der Waals surface area contributed by atoms with E-state index in [0.29, 0.717) is 18.0 Å². The predicted octanol–water partition coefficient (Wildman–Crippen LogP) is 2.20. The summed E-state index contributed by atoms with van der Waals surface area (Å²) in [5.41, 5.74) is 2.32. The molecule has 1 aromatic heterocycles. The second-order valence-electron chi connectivity index (χ2n) is 5.87. The lowest BCUT2D eigenvalue weighted by atomic mass is 9.68. The van der Waals surface area contributed by atoms with Gasteiger partial charge in [0, 0.05) is 30.0 Å². The molecule has 1 saturated carbocycles. The minimum absolute atomic E-state index is 0.451. The van der Waals surface area contributed by atoms with Crippen LogP contribution >= 0.6 is 0 Å². The van der Waals surface area contributed by atoms with Crippen LogP contribution in [-0.4, -0.2) is 22.7 Å². The Morgan fingerprint density at radius 2 is 2.24 bits per heavy atom. The molecule has 0 amide bonds. The predicted molar refractivity (Wildman–Crippen MR) is 68.7 cm³/mol. The highest BCUT2D eigenvalue weighted by molar-refractivity contribution is 5.21. The van der Waals surface area contributed by atoms with Crippen molar-refractivity contribution in [3.05, 3.63) is 29.6 Å². The van der Waals surface area contributed by atoms with Crippen LogP contribution in [0.15, 0.2) is 18.3 Å². The number of aryl methyl sites for hydroxylation is 1. The zero-order valence-electron chi connectivity index (χ0n) is 10.9. The fraction of sp³-hybridized carbons (Fsp3) is 0.643. The molecule has 1 heterocycles. The van der Waals surface area contributed by atoms with Crippen LogP contribution in [0.3, 0.4) is 0 Å². The van der Waals surface area contributed by atoms with Crippen LogP contribution in [0.5, 0.6) is 0 Å². The lowest BCUT2D eigenvalue weighted by Gasteiger charge is -2.43. The molecule has 1 aliphatic rings. The van der Waals surface area contributed by atoms with Crippen molar-refractivity contribution in [2.75, 3.05) is 6.54 Å². The van der Waals surface area contributed by atoms with Gasteiger partial charge in [-0.25, -0.2) is 0 Å². The third kappa shape index (κ3) is 3.05. The van der Waals surface area contributed by atoms with Gasteiger partial charge in [-0.2, -0.15) is 0 Å². The van der Waals surface area contributed by atoms with Gasteiger partial charge in [-0.05, 0) is 31.2 Å². The van der Waals surface area contributed by atoms with Gasteiger partial charge in [-0.3, -0.25) is 4.98 Å². The molecule has 0 aliphatic heterocycles. The van der Waals surface area contributed by atoms with Crippen LogP contribution in [0.1, 0.15) is 44.1 Å². The molecule has 1 aliphatic carbocycles. The summed E-state index contributed by atoms with van der Waals surface area (Å²) in [5.74, 6) is 0. The summed E-state index contributed by atoms with van der Waals surface area (Å²) in [7, 11) is 0. The lowest BCUT2D eigenvalue weighted by Crippen LogP contribution is -2.47. The van der Waals surface area contributed by atoms with E-state index in [-0.39, 0.29) is 0 Å². The zero-order valence-corrected chi connectivity index (χ0v) is 10.9. The molecular weight excluding hydrogens is 212 g/mol. The Hall–Kier alpha value is -0.930. The van der Waals surface area contributed by atoms with E-state index in [9.17, 15) is 5.11 Å². The molecule has 0 bridgehead atoms. The number of rotatable bonds is 4. The third-order valence-electron chi connectivity index (χ3n) is 3.60. The molecule has 2 rings (SSSR count). The number of aromatic nitrogens is 1. The fourth-order valence-corrected chi connectivity index (χ4v) is 2.66. The molecule has 3 nitrogen and oxygen atoms in total. The van der Waals surface area contributed by atoms with Crippen molar-refractivity contribution in [1.29, 1.82) is 0 Å². The molecule has 17 heavy (non-hydrogen) atoms. The summed E-state index contributed by atoms with van der Waals surface area (Å²) in [6.45, 7) is 7.12. The topological polar surface area (TPSA) is 45.2 Å². The van der Waals surface area contributed by atoms with Gasteiger partial charge >= 0.3 is 0 Å². The first-order valence-electron chi connectivity index (χ1n) is 6.31. The first kappa shape index (κ1) is 12.5. The number of hydrogen-bond donors (Lipinski definition) is 2. The summed E-state index contributed by atoms with van der Waals surface area (Å²) in [6, 6.07) is 4.38. The van der Waals surface area contributed by atoms with Gasteiger partial charge < -0.3 is 10.4 Å². The first-order valence-corrected chi connectivity index (χ1v) is 6.31. The smallest absolute Gasteiger partial charge is 0.0931 e. The molecule has 0 aromatic carbocycles. The van der Waals surface area contributed by atoms with E-state index in [1.54, 1.807) is 6.20 Å². The van der Waals surface area contributed by atoms with E-state index in [1.807, 2.05) is 19.1 Å². The highest BCUT2D eigenvalue weighted by atomic mass is 16.3. The van der Waals surface area contributed by atoms with Crippen molar-refractivity contribution in [2.24, 2.45) is 5.41 Å². The van der Waals surface area contributed by atoms with E-state index >= 15 is 0 Å². The van der Waals surface area contributed by atoms with Crippen LogP contribution in [0.25, 0.3) is 0 Å². The Morgan fingerprint density at radius 3 is 2.82 bits per heavy atom. The summed E-state index contributed by atoms with van der Waals surface area (Å²) in [6.07, 6.45) is 3.71. The Bertz CT molecular complexity index is 382. The maximum atomic E-state index is 10.1. The summed E-state index contributed by atoms with van der Waals surface area (Å²) in [4.78, 5) is 4.20. The number of nitrogens with one attached hydrogen (secondary N) is 1. The van der Waals surface area contributed by atoms with Crippen molar-refractivity contribution in [2.45, 2.75) is 45.8 Å². The number of hydrogen-bond acceptors (Lipinski definition) is 3. The van der Waals surface area contributed by atoms with Crippen molar-refractivity contribution < 1.29 is 5.11 Å². The molecule has 1 aromatic rings. The average Bonchev–Trinajstić information content (AvgIpc) is 2.23. The number of aliphatic hydroxyl groups is 1. The average molecular weight is 234 g/mol. The SMILES string of the molecule is Cc1ncccc1C(O)CNC1CC(C)(C)C1. The van der Waals surface area contributed by atoms with Gasteiger partial charge in [0.1, 0.15) is 0 Å². The largest absolute Gasteiger partial charge is 0.387 e. The Balaban J connectivity index is 1.82. The van der Waals surface area contributed by atoms with E-state index in [2.05, 4.69) is 24.1 Å². The van der Waals surface area contributed by atoms with E-state index in [0.717, 1.165) is 11.3 Å². The number of pyridine rings is 1. The highest BCUT2D eigenvalue weighted by Gasteiger charge is 2.35. The minimum atomic E-state index is -0.451. The second kappa shape index (κ2) is 4.75. The van der Waals surface area contributed by atoms with Crippen LogP contribution in [0.4, 0.5) is 0 Å². The molecule has 0 spiro atoms. The Labute approximate surface area is 103 Å². The van der Waals surface area contributed by atoms with Gasteiger partial charge in [0.05, 0.1) is 6.10 Å². The standard InChI is InChI=1S/C14H22N2O/c1-10-12(5-4-6-15-10)13(17)9-16-11-7-14(2,3)8-11/h4-6,11,13,16-17H,7-9H2,1-3H3. The van der Waals surface area contributed by atoms with Crippen molar-refractivity contribution in [3.63, 3.8) is 0 Å².